The number of benzene rings is 5. The van der Waals surface area contributed by atoms with Crippen molar-refractivity contribution in [1.82, 2.24) is 0 Å². The molecule has 244 valence electrons. The maximum atomic E-state index is 3.65. The summed E-state index contributed by atoms with van der Waals surface area (Å²) < 4.78 is 3.34. The molecule has 0 aromatic heterocycles. The Bertz CT molecular complexity index is 1550. The van der Waals surface area contributed by atoms with E-state index in [0.717, 1.165) is 6.42 Å². The monoisotopic (exact) mass is 734 g/mol. The van der Waals surface area contributed by atoms with Crippen LogP contribution in [0.4, 0.5) is 0 Å². The fourth-order valence-corrected chi connectivity index (χ4v) is 5.27. The number of allylic oxidation sites excluding steroid dienone is 4. The molecule has 0 nitrogen and oxygen atoms in total. The summed E-state index contributed by atoms with van der Waals surface area (Å²) in [6, 6.07) is 48.5. The van der Waals surface area contributed by atoms with E-state index in [1.54, 1.807) is 0 Å². The fraction of sp³-hybridized carbons (Fsp3) is 0.182. The summed E-state index contributed by atoms with van der Waals surface area (Å²) in [5.74, 6) is 0.573. The Morgan fingerprint density at radius 2 is 1.30 bits per heavy atom. The molecule has 7 rings (SSSR count). The number of fused-ring (bicyclic) bond motifs is 3. The van der Waals surface area contributed by atoms with Gasteiger partial charge in [-0.05, 0) is 23.1 Å². The quantitative estimate of drug-likeness (QED) is 0.159. The second-order valence-electron chi connectivity index (χ2n) is 11.8. The van der Waals surface area contributed by atoms with Crippen molar-refractivity contribution in [3.05, 3.63) is 176 Å². The van der Waals surface area contributed by atoms with Crippen molar-refractivity contribution in [2.24, 2.45) is 11.3 Å². The van der Waals surface area contributed by atoms with E-state index in [1.807, 2.05) is 30.3 Å². The van der Waals surface area contributed by atoms with Gasteiger partial charge in [0, 0.05) is 0 Å². The van der Waals surface area contributed by atoms with Crippen LogP contribution in [0.25, 0.3) is 33.4 Å². The molecule has 3 heteroatoms. The molecule has 47 heavy (non-hydrogen) atoms. The summed E-state index contributed by atoms with van der Waals surface area (Å²) in [4.78, 5) is 0. The first-order chi connectivity index (χ1) is 21.4. The molecule has 2 aliphatic carbocycles. The van der Waals surface area contributed by atoms with Crippen molar-refractivity contribution in [2.75, 3.05) is 0 Å². The SMILES string of the molecule is CCC1[C-]=CC(C(C)(C)C)=C1.Cl.Cl.[CH2]=[Zr].[CH3-].[c-]1c(-c2ccccc2)ccc2c1Cc1cc(-c3ccccc3)ccc1-2.[c-]1ccccc1. The van der Waals surface area contributed by atoms with Gasteiger partial charge in [0.2, 0.25) is 0 Å². The predicted octanol–water partition coefficient (Wildman–Crippen LogP) is 12.5. The third-order valence-electron chi connectivity index (χ3n) is 7.73. The van der Waals surface area contributed by atoms with Gasteiger partial charge in [0.05, 0.1) is 0 Å². The van der Waals surface area contributed by atoms with E-state index >= 15 is 0 Å². The summed E-state index contributed by atoms with van der Waals surface area (Å²) in [6.45, 7) is 8.94. The van der Waals surface area contributed by atoms with Gasteiger partial charge in [0.15, 0.2) is 0 Å². The third-order valence-corrected chi connectivity index (χ3v) is 7.73. The molecule has 0 radical (unpaired) electrons. The molecule has 1 atom stereocenters. The summed E-state index contributed by atoms with van der Waals surface area (Å²) in [6.07, 6.45) is 9.97. The van der Waals surface area contributed by atoms with Gasteiger partial charge in [-0.3, -0.25) is 6.08 Å². The Morgan fingerprint density at radius 3 is 1.79 bits per heavy atom. The predicted molar refractivity (Wildman–Crippen MR) is 207 cm³/mol. The van der Waals surface area contributed by atoms with Crippen LogP contribution in [0, 0.1) is 37.0 Å². The molecule has 2 aliphatic rings. The van der Waals surface area contributed by atoms with Crippen LogP contribution in [-0.4, -0.2) is 4.21 Å². The van der Waals surface area contributed by atoms with Crippen LogP contribution < -0.4 is 0 Å². The molecule has 1 unspecified atom stereocenters. The minimum atomic E-state index is 0. The molecule has 0 N–H and O–H groups in total. The first-order valence-electron chi connectivity index (χ1n) is 15.3. The van der Waals surface area contributed by atoms with Crippen LogP contribution >= 0.6 is 24.8 Å². The summed E-state index contributed by atoms with van der Waals surface area (Å²) >= 11 is 1.30. The summed E-state index contributed by atoms with van der Waals surface area (Å²) in [7, 11) is 0. The number of hydrogen-bond acceptors (Lipinski definition) is 0. The Labute approximate surface area is 312 Å². The van der Waals surface area contributed by atoms with Gasteiger partial charge < -0.3 is 7.43 Å². The zero-order valence-corrected chi connectivity index (χ0v) is 32.3. The average Bonchev–Trinajstić information content (AvgIpc) is 3.73. The summed E-state index contributed by atoms with van der Waals surface area (Å²) in [5, 5.41) is 0. The zero-order chi connectivity index (χ0) is 31.4. The largest absolute Gasteiger partial charge is 0.358 e. The number of hydrogen-bond donors (Lipinski definition) is 0. The maximum absolute atomic E-state index is 3.65. The van der Waals surface area contributed by atoms with Crippen molar-refractivity contribution in [3.63, 3.8) is 0 Å². The molecule has 5 aromatic carbocycles. The molecule has 0 fully saturated rings. The van der Waals surface area contributed by atoms with Crippen LogP contribution in [0.1, 0.15) is 45.2 Å². The van der Waals surface area contributed by atoms with E-state index in [4.69, 9.17) is 0 Å². The molecule has 0 heterocycles. The van der Waals surface area contributed by atoms with Crippen LogP contribution in [0.5, 0.6) is 0 Å². The van der Waals surface area contributed by atoms with E-state index in [-0.39, 0.29) is 32.2 Å². The molecule has 0 spiro atoms. The minimum absolute atomic E-state index is 0. The number of halogens is 2. The van der Waals surface area contributed by atoms with Crippen LogP contribution in [0.2, 0.25) is 0 Å². The molecular weight excluding hydrogens is 691 g/mol. The Kier molecular flexibility index (Phi) is 18.7. The van der Waals surface area contributed by atoms with Gasteiger partial charge in [-0.1, -0.05) is 141 Å². The van der Waals surface area contributed by atoms with Gasteiger partial charge >= 0.3 is 28.4 Å². The molecule has 0 amide bonds. The molecule has 0 aliphatic heterocycles. The smallest absolute Gasteiger partial charge is 0.0181 e. The molecule has 5 aromatic rings. The van der Waals surface area contributed by atoms with E-state index in [9.17, 15) is 0 Å². The van der Waals surface area contributed by atoms with Crippen molar-refractivity contribution >= 4 is 29.0 Å². The molecular formula is C44H46Cl2Zr-4. The normalized spacial score (nSPS) is 13.0. The maximum Gasteiger partial charge on any atom is -0.0181 e. The van der Waals surface area contributed by atoms with E-state index in [2.05, 4.69) is 153 Å². The third kappa shape index (κ3) is 11.8. The van der Waals surface area contributed by atoms with Gasteiger partial charge in [0.25, 0.3) is 0 Å². The van der Waals surface area contributed by atoms with Crippen molar-refractivity contribution in [1.29, 1.82) is 0 Å². The van der Waals surface area contributed by atoms with Crippen molar-refractivity contribution in [3.8, 4) is 33.4 Å². The number of rotatable bonds is 3. The van der Waals surface area contributed by atoms with Crippen LogP contribution in [-0.2, 0) is 30.7 Å². The summed E-state index contributed by atoms with van der Waals surface area (Å²) in [5.41, 5.74) is 12.1. The van der Waals surface area contributed by atoms with Gasteiger partial charge in [-0.25, -0.2) is 6.08 Å². The topological polar surface area (TPSA) is 0 Å². The van der Waals surface area contributed by atoms with Crippen molar-refractivity contribution in [2.45, 2.75) is 40.5 Å². The van der Waals surface area contributed by atoms with Crippen LogP contribution in [0.3, 0.4) is 0 Å². The van der Waals surface area contributed by atoms with Gasteiger partial charge in [-0.2, -0.15) is 48.0 Å². The standard InChI is InChI=1S/C25H17.C11H17.C6H5.CH3.CH2.2ClH.Zr/c1-3-7-18(8-4-1)20-11-13-24-22(15-20)17-23-16-21(12-14-25(23)24)19-9-5-2-6-10-19;1-5-9-6-7-10(8-9)11(2,3)4;1-2-4-6-5-3-1;;;;;/h1-15H,17H2;7-9H,5H2,1-4H3;1-5H;1H3;1H2;2*1H;/q4*-1;;;;. The van der Waals surface area contributed by atoms with Crippen LogP contribution in [0.15, 0.2) is 139 Å². The first-order valence-corrected chi connectivity index (χ1v) is 17.0. The van der Waals surface area contributed by atoms with Gasteiger partial charge in [-0.15, -0.1) is 54.1 Å². The Morgan fingerprint density at radius 1 is 0.723 bits per heavy atom. The van der Waals surface area contributed by atoms with E-state index < -0.39 is 0 Å². The second kappa shape index (κ2) is 21.0. The molecule has 0 saturated heterocycles. The van der Waals surface area contributed by atoms with Gasteiger partial charge in [0.1, 0.15) is 0 Å². The minimum Gasteiger partial charge on any atom is -0.358 e. The fourth-order valence-electron chi connectivity index (χ4n) is 5.27. The average molecular weight is 737 g/mol. The first kappa shape index (κ1) is 41.9. The zero-order valence-electron chi connectivity index (χ0n) is 28.2. The second-order valence-corrected chi connectivity index (χ2v) is 11.8. The van der Waals surface area contributed by atoms with Crippen molar-refractivity contribution < 1.29 is 24.2 Å². The van der Waals surface area contributed by atoms with E-state index in [0.29, 0.717) is 11.3 Å². The molecule has 0 saturated carbocycles. The van der Waals surface area contributed by atoms with E-state index in [1.165, 1.54) is 80.7 Å². The molecule has 0 bridgehead atoms. The Hall–Kier alpha value is -3.09. The Balaban J connectivity index is 0.000000421.